The molecule has 4 rings (SSSR count). The van der Waals surface area contributed by atoms with Gasteiger partial charge in [0.25, 0.3) is 5.91 Å². The topological polar surface area (TPSA) is 49.9 Å². The molecule has 2 aromatic rings. The SMILES string of the molecule is C[C@@H](OC(=O)C1(c2ccc(F)cc2)CCCC1)C(=O)N1CCN(c2ccccc2)CC1. The largest absolute Gasteiger partial charge is 0.452 e. The van der Waals surface area contributed by atoms with Gasteiger partial charge in [-0.15, -0.1) is 0 Å². The number of nitrogens with zero attached hydrogens (tertiary/aromatic N) is 2. The summed E-state index contributed by atoms with van der Waals surface area (Å²) < 4.78 is 19.1. The molecule has 2 aromatic carbocycles. The van der Waals surface area contributed by atoms with Gasteiger partial charge in [0.05, 0.1) is 5.41 Å². The molecule has 0 N–H and O–H groups in total. The van der Waals surface area contributed by atoms with Crippen LogP contribution < -0.4 is 4.90 Å². The lowest BCUT2D eigenvalue weighted by atomic mass is 9.79. The number of carbonyl (C=O) groups is 2. The number of benzene rings is 2. The summed E-state index contributed by atoms with van der Waals surface area (Å²) in [6, 6.07) is 16.2. The van der Waals surface area contributed by atoms with Gasteiger partial charge in [0, 0.05) is 31.9 Å². The molecule has 1 amide bonds. The van der Waals surface area contributed by atoms with Gasteiger partial charge in [-0.2, -0.15) is 0 Å². The first-order valence-electron chi connectivity index (χ1n) is 11.1. The zero-order chi connectivity index (χ0) is 21.8. The Kier molecular flexibility index (Phi) is 6.25. The van der Waals surface area contributed by atoms with Crippen LogP contribution in [0, 0.1) is 5.82 Å². The number of rotatable bonds is 5. The number of carbonyl (C=O) groups excluding carboxylic acids is 2. The fraction of sp³-hybridized carbons (Fsp3) is 0.440. The quantitative estimate of drug-likeness (QED) is 0.683. The molecule has 0 bridgehead atoms. The molecule has 0 spiro atoms. The molecular weight excluding hydrogens is 395 g/mol. The van der Waals surface area contributed by atoms with E-state index in [1.807, 2.05) is 18.2 Å². The summed E-state index contributed by atoms with van der Waals surface area (Å²) >= 11 is 0. The minimum Gasteiger partial charge on any atom is -0.452 e. The number of hydrogen-bond donors (Lipinski definition) is 0. The number of piperazine rings is 1. The van der Waals surface area contributed by atoms with Crippen LogP contribution in [0.1, 0.15) is 38.2 Å². The van der Waals surface area contributed by atoms with Crippen molar-refractivity contribution in [1.82, 2.24) is 4.90 Å². The summed E-state index contributed by atoms with van der Waals surface area (Å²) in [4.78, 5) is 30.2. The van der Waals surface area contributed by atoms with Gasteiger partial charge in [0.1, 0.15) is 5.82 Å². The molecule has 164 valence electrons. The van der Waals surface area contributed by atoms with E-state index in [2.05, 4.69) is 17.0 Å². The molecule has 6 heteroatoms. The molecule has 0 radical (unpaired) electrons. The van der Waals surface area contributed by atoms with Gasteiger partial charge in [-0.1, -0.05) is 43.2 Å². The fourth-order valence-electron chi connectivity index (χ4n) is 4.76. The number of anilines is 1. The number of halogens is 1. The Morgan fingerprint density at radius 2 is 1.55 bits per heavy atom. The Bertz CT molecular complexity index is 902. The van der Waals surface area contributed by atoms with Crippen molar-refractivity contribution in [3.63, 3.8) is 0 Å². The van der Waals surface area contributed by atoms with E-state index in [-0.39, 0.29) is 17.7 Å². The summed E-state index contributed by atoms with van der Waals surface area (Å²) in [6.45, 7) is 4.33. The zero-order valence-corrected chi connectivity index (χ0v) is 17.9. The van der Waals surface area contributed by atoms with Crippen LogP contribution in [0.3, 0.4) is 0 Å². The van der Waals surface area contributed by atoms with Gasteiger partial charge < -0.3 is 14.5 Å². The summed E-state index contributed by atoms with van der Waals surface area (Å²) in [7, 11) is 0. The van der Waals surface area contributed by atoms with Crippen molar-refractivity contribution in [2.24, 2.45) is 0 Å². The second-order valence-corrected chi connectivity index (χ2v) is 8.49. The minimum atomic E-state index is -0.839. The summed E-state index contributed by atoms with van der Waals surface area (Å²) in [5, 5.41) is 0. The van der Waals surface area contributed by atoms with Gasteiger partial charge in [-0.05, 0) is 49.6 Å². The van der Waals surface area contributed by atoms with Crippen molar-refractivity contribution in [1.29, 1.82) is 0 Å². The van der Waals surface area contributed by atoms with Crippen LogP contribution in [-0.4, -0.2) is 49.1 Å². The van der Waals surface area contributed by atoms with E-state index in [1.54, 1.807) is 24.0 Å². The molecular formula is C25H29FN2O3. The molecule has 1 atom stereocenters. The first-order valence-corrected chi connectivity index (χ1v) is 11.1. The lowest BCUT2D eigenvalue weighted by Crippen LogP contribution is -2.52. The highest BCUT2D eigenvalue weighted by molar-refractivity contribution is 5.88. The maximum Gasteiger partial charge on any atom is 0.317 e. The molecule has 2 aliphatic rings. The second kappa shape index (κ2) is 9.08. The van der Waals surface area contributed by atoms with E-state index in [4.69, 9.17) is 4.74 Å². The average molecular weight is 425 g/mol. The Morgan fingerprint density at radius 3 is 2.16 bits per heavy atom. The van der Waals surface area contributed by atoms with Crippen molar-refractivity contribution in [2.75, 3.05) is 31.1 Å². The monoisotopic (exact) mass is 424 g/mol. The predicted molar refractivity (Wildman–Crippen MR) is 117 cm³/mol. The highest BCUT2D eigenvalue weighted by atomic mass is 19.1. The highest BCUT2D eigenvalue weighted by Crippen LogP contribution is 2.42. The molecule has 1 saturated carbocycles. The third-order valence-electron chi connectivity index (χ3n) is 6.59. The van der Waals surface area contributed by atoms with Crippen LogP contribution in [-0.2, 0) is 19.7 Å². The standard InChI is InChI=1S/C25H29FN2O3/c1-19(23(29)28-17-15-27(16-18-28)22-7-3-2-4-8-22)31-24(30)25(13-5-6-14-25)20-9-11-21(26)12-10-20/h2-4,7-12,19H,5-6,13-18H2,1H3/t19-/m1/s1. The van der Waals surface area contributed by atoms with E-state index in [9.17, 15) is 14.0 Å². The Morgan fingerprint density at radius 1 is 0.935 bits per heavy atom. The molecule has 0 aromatic heterocycles. The Labute approximate surface area is 182 Å². The number of amides is 1. The normalized spacial score (nSPS) is 19.2. The number of para-hydroxylation sites is 1. The lowest BCUT2D eigenvalue weighted by Gasteiger charge is -2.37. The van der Waals surface area contributed by atoms with E-state index in [1.165, 1.54) is 12.1 Å². The van der Waals surface area contributed by atoms with E-state index >= 15 is 0 Å². The second-order valence-electron chi connectivity index (χ2n) is 8.49. The van der Waals surface area contributed by atoms with E-state index in [0.29, 0.717) is 25.9 Å². The van der Waals surface area contributed by atoms with Gasteiger partial charge >= 0.3 is 5.97 Å². The fourth-order valence-corrected chi connectivity index (χ4v) is 4.76. The van der Waals surface area contributed by atoms with Crippen molar-refractivity contribution in [2.45, 2.75) is 44.1 Å². The molecule has 1 saturated heterocycles. The molecule has 1 aliphatic carbocycles. The average Bonchev–Trinajstić information content (AvgIpc) is 3.31. The molecule has 1 heterocycles. The highest BCUT2D eigenvalue weighted by Gasteiger charge is 2.45. The third-order valence-corrected chi connectivity index (χ3v) is 6.59. The maximum absolute atomic E-state index is 13.4. The number of hydrogen-bond acceptors (Lipinski definition) is 4. The van der Waals surface area contributed by atoms with Crippen molar-refractivity contribution >= 4 is 17.6 Å². The summed E-state index contributed by atoms with van der Waals surface area (Å²) in [6.07, 6.45) is 2.31. The van der Waals surface area contributed by atoms with Gasteiger partial charge in [-0.3, -0.25) is 9.59 Å². The van der Waals surface area contributed by atoms with Gasteiger partial charge in [-0.25, -0.2) is 4.39 Å². The van der Waals surface area contributed by atoms with Crippen molar-refractivity contribution in [3.05, 3.63) is 66.0 Å². The smallest absolute Gasteiger partial charge is 0.317 e. The Balaban J connectivity index is 1.38. The zero-order valence-electron chi connectivity index (χ0n) is 17.9. The summed E-state index contributed by atoms with van der Waals surface area (Å²) in [5.41, 5.74) is 1.14. The molecule has 5 nitrogen and oxygen atoms in total. The van der Waals surface area contributed by atoms with Gasteiger partial charge in [0.15, 0.2) is 6.10 Å². The maximum atomic E-state index is 13.4. The predicted octanol–water partition coefficient (Wildman–Crippen LogP) is 3.92. The van der Waals surface area contributed by atoms with Crippen LogP contribution in [0.15, 0.2) is 54.6 Å². The minimum absolute atomic E-state index is 0.159. The van der Waals surface area contributed by atoms with Crippen LogP contribution in [0.4, 0.5) is 10.1 Å². The van der Waals surface area contributed by atoms with Crippen LogP contribution in [0.2, 0.25) is 0 Å². The number of esters is 1. The Hall–Kier alpha value is -2.89. The molecule has 0 unspecified atom stereocenters. The summed E-state index contributed by atoms with van der Waals surface area (Å²) in [5.74, 6) is -0.864. The molecule has 1 aliphatic heterocycles. The van der Waals surface area contributed by atoms with Crippen LogP contribution in [0.25, 0.3) is 0 Å². The first-order chi connectivity index (χ1) is 15.0. The van der Waals surface area contributed by atoms with Crippen LogP contribution in [0.5, 0.6) is 0 Å². The van der Waals surface area contributed by atoms with E-state index in [0.717, 1.165) is 37.2 Å². The van der Waals surface area contributed by atoms with Crippen molar-refractivity contribution in [3.8, 4) is 0 Å². The van der Waals surface area contributed by atoms with Gasteiger partial charge in [0.2, 0.25) is 0 Å². The van der Waals surface area contributed by atoms with Crippen molar-refractivity contribution < 1.29 is 18.7 Å². The lowest BCUT2D eigenvalue weighted by molar-refractivity contribution is -0.164. The number of ether oxygens (including phenoxy) is 1. The third kappa shape index (κ3) is 4.43. The molecule has 31 heavy (non-hydrogen) atoms. The van der Waals surface area contributed by atoms with E-state index < -0.39 is 11.5 Å². The first kappa shape index (κ1) is 21.3. The molecule has 2 fully saturated rings. The van der Waals surface area contributed by atoms with Crippen LogP contribution >= 0.6 is 0 Å².